The molecule has 4 rings (SSSR count). The van der Waals surface area contributed by atoms with E-state index in [0.29, 0.717) is 6.61 Å². The lowest BCUT2D eigenvalue weighted by molar-refractivity contribution is 0.301. The summed E-state index contributed by atoms with van der Waals surface area (Å²) >= 11 is 0. The smallest absolute Gasteiger partial charge is 0.132 e. The number of hydrogen-bond acceptors (Lipinski definition) is 4. The van der Waals surface area contributed by atoms with Crippen molar-refractivity contribution in [3.63, 3.8) is 0 Å². The van der Waals surface area contributed by atoms with Crippen molar-refractivity contribution in [1.29, 1.82) is 0 Å². The van der Waals surface area contributed by atoms with Crippen molar-refractivity contribution in [3.8, 4) is 16.9 Å². The third kappa shape index (κ3) is 3.48. The van der Waals surface area contributed by atoms with E-state index in [9.17, 15) is 0 Å². The highest BCUT2D eigenvalue weighted by molar-refractivity contribution is 5.88. The maximum absolute atomic E-state index is 5.84. The lowest BCUT2D eigenvalue weighted by atomic mass is 10.0. The van der Waals surface area contributed by atoms with Gasteiger partial charge in [-0.15, -0.1) is 0 Å². The van der Waals surface area contributed by atoms with Gasteiger partial charge in [0, 0.05) is 24.2 Å². The van der Waals surface area contributed by atoms with Gasteiger partial charge in [0.05, 0.1) is 17.6 Å². The van der Waals surface area contributed by atoms with Crippen LogP contribution in [0.15, 0.2) is 73.3 Å². The molecule has 0 unspecified atom stereocenters. The first-order valence-corrected chi connectivity index (χ1v) is 8.12. The van der Waals surface area contributed by atoms with Gasteiger partial charge in [-0.05, 0) is 47.5 Å². The number of nitrogens with zero attached hydrogens (tertiary/aromatic N) is 3. The fourth-order valence-corrected chi connectivity index (χ4v) is 2.68. The van der Waals surface area contributed by atoms with Crippen LogP contribution in [0, 0.1) is 6.92 Å². The molecule has 2 aromatic carbocycles. The van der Waals surface area contributed by atoms with Crippen molar-refractivity contribution in [2.24, 2.45) is 0 Å². The van der Waals surface area contributed by atoms with Crippen molar-refractivity contribution in [3.05, 3.63) is 84.7 Å². The minimum Gasteiger partial charge on any atom is -0.487 e. The Kier molecular flexibility index (Phi) is 4.09. The summed E-state index contributed by atoms with van der Waals surface area (Å²) in [4.78, 5) is 12.7. The standard InChI is InChI=1S/C21H17N3O/c1-15-11-24-20(13-23-15)14-25-21-7-6-16-9-17(4-5-18(16)10-21)19-3-2-8-22-12-19/h2-13H,14H2,1H3. The molecule has 0 saturated carbocycles. The van der Waals surface area contributed by atoms with E-state index < -0.39 is 0 Å². The molecule has 0 saturated heterocycles. The summed E-state index contributed by atoms with van der Waals surface area (Å²) < 4.78 is 5.84. The monoisotopic (exact) mass is 327 g/mol. The maximum Gasteiger partial charge on any atom is 0.132 e. The molecule has 0 atom stereocenters. The summed E-state index contributed by atoms with van der Waals surface area (Å²) in [5.74, 6) is 0.823. The Morgan fingerprint density at radius 1 is 0.840 bits per heavy atom. The van der Waals surface area contributed by atoms with Crippen LogP contribution in [0.3, 0.4) is 0 Å². The second-order valence-corrected chi connectivity index (χ2v) is 5.90. The lowest BCUT2D eigenvalue weighted by Gasteiger charge is -2.08. The highest BCUT2D eigenvalue weighted by Gasteiger charge is 2.03. The van der Waals surface area contributed by atoms with Crippen LogP contribution in [0.25, 0.3) is 21.9 Å². The minimum atomic E-state index is 0.409. The molecule has 2 heterocycles. The Labute approximate surface area is 146 Å². The number of rotatable bonds is 4. The molecule has 0 aliphatic rings. The molecule has 0 spiro atoms. The number of benzene rings is 2. The second-order valence-electron chi connectivity index (χ2n) is 5.90. The molecule has 2 aromatic heterocycles. The highest BCUT2D eigenvalue weighted by atomic mass is 16.5. The topological polar surface area (TPSA) is 47.9 Å². The summed E-state index contributed by atoms with van der Waals surface area (Å²) in [6.45, 7) is 2.33. The van der Waals surface area contributed by atoms with Gasteiger partial charge in [-0.2, -0.15) is 0 Å². The van der Waals surface area contributed by atoms with Gasteiger partial charge in [0.15, 0.2) is 0 Å². The average Bonchev–Trinajstić information content (AvgIpc) is 2.68. The zero-order chi connectivity index (χ0) is 17.1. The molecule has 4 aromatic rings. The summed E-state index contributed by atoms with van der Waals surface area (Å²) in [7, 11) is 0. The van der Waals surface area contributed by atoms with Crippen molar-refractivity contribution >= 4 is 10.8 Å². The van der Waals surface area contributed by atoms with Gasteiger partial charge in [0.2, 0.25) is 0 Å². The van der Waals surface area contributed by atoms with E-state index in [1.54, 1.807) is 18.6 Å². The number of hydrogen-bond donors (Lipinski definition) is 0. The zero-order valence-corrected chi connectivity index (χ0v) is 13.9. The van der Waals surface area contributed by atoms with Crippen molar-refractivity contribution in [1.82, 2.24) is 15.0 Å². The van der Waals surface area contributed by atoms with Gasteiger partial charge >= 0.3 is 0 Å². The maximum atomic E-state index is 5.84. The van der Waals surface area contributed by atoms with E-state index in [4.69, 9.17) is 4.74 Å². The van der Waals surface area contributed by atoms with Crippen molar-refractivity contribution < 1.29 is 4.74 Å². The Hall–Kier alpha value is -3.27. The zero-order valence-electron chi connectivity index (χ0n) is 13.9. The molecule has 0 radical (unpaired) electrons. The van der Waals surface area contributed by atoms with Crippen LogP contribution in [0.2, 0.25) is 0 Å². The molecule has 0 fully saturated rings. The van der Waals surface area contributed by atoms with Gasteiger partial charge < -0.3 is 4.74 Å². The van der Waals surface area contributed by atoms with Crippen LogP contribution >= 0.6 is 0 Å². The van der Waals surface area contributed by atoms with Crippen LogP contribution in [0.4, 0.5) is 0 Å². The van der Waals surface area contributed by atoms with Gasteiger partial charge in [0.1, 0.15) is 12.4 Å². The minimum absolute atomic E-state index is 0.409. The predicted octanol–water partition coefficient (Wildman–Crippen LogP) is 4.58. The van der Waals surface area contributed by atoms with E-state index in [1.807, 2.05) is 31.3 Å². The first kappa shape index (κ1) is 15.3. The SMILES string of the molecule is Cc1cnc(COc2ccc3cc(-c4cccnc4)ccc3c2)cn1. The van der Waals surface area contributed by atoms with Gasteiger partial charge in [-0.25, -0.2) is 0 Å². The van der Waals surface area contributed by atoms with Gasteiger partial charge in [-0.3, -0.25) is 15.0 Å². The number of aryl methyl sites for hydroxylation is 1. The van der Waals surface area contributed by atoms with Crippen molar-refractivity contribution in [2.75, 3.05) is 0 Å². The highest BCUT2D eigenvalue weighted by Crippen LogP contribution is 2.27. The van der Waals surface area contributed by atoms with Crippen LogP contribution in [-0.2, 0) is 6.61 Å². The molecule has 4 heteroatoms. The molecule has 0 aliphatic heterocycles. The first-order chi connectivity index (χ1) is 12.3. The molecule has 0 amide bonds. The first-order valence-electron chi connectivity index (χ1n) is 8.12. The molecular weight excluding hydrogens is 310 g/mol. The molecule has 0 aliphatic carbocycles. The molecule has 122 valence electrons. The molecule has 0 bridgehead atoms. The Bertz CT molecular complexity index is 998. The number of aromatic nitrogens is 3. The van der Waals surface area contributed by atoms with E-state index in [2.05, 4.69) is 45.3 Å². The van der Waals surface area contributed by atoms with Gasteiger partial charge in [0.25, 0.3) is 0 Å². The second kappa shape index (κ2) is 6.69. The predicted molar refractivity (Wildman–Crippen MR) is 98.3 cm³/mol. The summed E-state index contributed by atoms with van der Waals surface area (Å²) in [5, 5.41) is 2.31. The number of ether oxygens (including phenoxy) is 1. The third-order valence-electron chi connectivity index (χ3n) is 4.03. The largest absolute Gasteiger partial charge is 0.487 e. The normalized spacial score (nSPS) is 10.8. The van der Waals surface area contributed by atoms with Gasteiger partial charge in [-0.1, -0.05) is 24.3 Å². The number of fused-ring (bicyclic) bond motifs is 1. The fraction of sp³-hybridized carbons (Fsp3) is 0.0952. The van der Waals surface area contributed by atoms with Crippen LogP contribution in [0.1, 0.15) is 11.4 Å². The molecule has 0 N–H and O–H groups in total. The molecule has 25 heavy (non-hydrogen) atoms. The lowest BCUT2D eigenvalue weighted by Crippen LogP contribution is -1.99. The van der Waals surface area contributed by atoms with E-state index in [1.165, 1.54) is 5.39 Å². The summed E-state index contributed by atoms with van der Waals surface area (Å²) in [6.07, 6.45) is 7.16. The van der Waals surface area contributed by atoms with Crippen LogP contribution in [-0.4, -0.2) is 15.0 Å². The average molecular weight is 327 g/mol. The quantitative estimate of drug-likeness (QED) is 0.550. The van der Waals surface area contributed by atoms with E-state index >= 15 is 0 Å². The van der Waals surface area contributed by atoms with Crippen LogP contribution < -0.4 is 4.74 Å². The molecular formula is C21H17N3O. The summed E-state index contributed by atoms with van der Waals surface area (Å²) in [5.41, 5.74) is 3.99. The Balaban J connectivity index is 1.55. The van der Waals surface area contributed by atoms with Crippen LogP contribution in [0.5, 0.6) is 5.75 Å². The molecule has 4 nitrogen and oxygen atoms in total. The third-order valence-corrected chi connectivity index (χ3v) is 4.03. The Morgan fingerprint density at radius 3 is 2.52 bits per heavy atom. The fourth-order valence-electron chi connectivity index (χ4n) is 2.68. The Morgan fingerprint density at radius 2 is 1.72 bits per heavy atom. The van der Waals surface area contributed by atoms with E-state index in [0.717, 1.165) is 33.7 Å². The number of pyridine rings is 1. The summed E-state index contributed by atoms with van der Waals surface area (Å²) in [6, 6.07) is 16.5. The van der Waals surface area contributed by atoms with E-state index in [-0.39, 0.29) is 0 Å². The van der Waals surface area contributed by atoms with Crippen molar-refractivity contribution in [2.45, 2.75) is 13.5 Å².